The van der Waals surface area contributed by atoms with Crippen LogP contribution in [0.4, 0.5) is 5.69 Å². The molecule has 2 aliphatic rings. The lowest BCUT2D eigenvalue weighted by Crippen LogP contribution is -2.35. The van der Waals surface area contributed by atoms with Crippen LogP contribution in [0.1, 0.15) is 33.8 Å². The van der Waals surface area contributed by atoms with Gasteiger partial charge in [-0.2, -0.15) is 0 Å². The molecular weight excluding hydrogens is 318 g/mol. The Morgan fingerprint density at radius 3 is 2.56 bits per heavy atom. The second kappa shape index (κ2) is 5.92. The molecule has 4 rings (SSSR count). The average molecular weight is 337 g/mol. The highest BCUT2D eigenvalue weighted by atomic mass is 16.5. The topological polar surface area (TPSA) is 55.8 Å². The minimum atomic E-state index is -0.391. The molecule has 1 aliphatic carbocycles. The number of rotatable bonds is 4. The zero-order valence-corrected chi connectivity index (χ0v) is 14.2. The molecule has 0 saturated heterocycles. The van der Waals surface area contributed by atoms with Crippen LogP contribution in [0.2, 0.25) is 0 Å². The number of anilines is 1. The second-order valence-corrected chi connectivity index (χ2v) is 6.49. The summed E-state index contributed by atoms with van der Waals surface area (Å²) in [5, 5.41) is 0. The Bertz CT molecular complexity index is 843. The van der Waals surface area contributed by atoms with Crippen molar-refractivity contribution in [3.8, 4) is 5.75 Å². The summed E-state index contributed by atoms with van der Waals surface area (Å²) in [5.41, 5.74) is 3.45. The van der Waals surface area contributed by atoms with E-state index in [1.165, 1.54) is 7.11 Å². The summed E-state index contributed by atoms with van der Waals surface area (Å²) in [4.78, 5) is 26.5. The van der Waals surface area contributed by atoms with Crippen LogP contribution in [0, 0.1) is 5.92 Å². The number of methoxy groups -OCH3 is 2. The first-order valence-electron chi connectivity index (χ1n) is 8.29. The molecule has 0 spiro atoms. The molecule has 0 radical (unpaired) electrons. The van der Waals surface area contributed by atoms with Gasteiger partial charge in [-0.1, -0.05) is 18.2 Å². The maximum atomic E-state index is 12.8. The molecule has 2 aromatic rings. The molecule has 128 valence electrons. The molecular formula is C20H19NO4. The van der Waals surface area contributed by atoms with Gasteiger partial charge in [-0.25, -0.2) is 4.79 Å². The quantitative estimate of drug-likeness (QED) is 0.805. The van der Waals surface area contributed by atoms with Crippen LogP contribution in [0.25, 0.3) is 0 Å². The number of benzene rings is 2. The van der Waals surface area contributed by atoms with E-state index in [0.29, 0.717) is 18.0 Å². The second-order valence-electron chi connectivity index (χ2n) is 6.49. The summed E-state index contributed by atoms with van der Waals surface area (Å²) in [7, 11) is 2.99. The molecule has 0 bridgehead atoms. The van der Waals surface area contributed by atoms with E-state index >= 15 is 0 Å². The van der Waals surface area contributed by atoms with Gasteiger partial charge in [-0.05, 0) is 47.7 Å². The zero-order valence-electron chi connectivity index (χ0n) is 14.2. The summed E-state index contributed by atoms with van der Waals surface area (Å²) in [6.45, 7) is 0.476. The van der Waals surface area contributed by atoms with Crippen molar-refractivity contribution in [3.63, 3.8) is 0 Å². The van der Waals surface area contributed by atoms with Gasteiger partial charge < -0.3 is 14.4 Å². The molecule has 0 N–H and O–H groups in total. The smallest absolute Gasteiger partial charge is 0.337 e. The number of fused-ring (bicyclic) bond motifs is 3. The van der Waals surface area contributed by atoms with Gasteiger partial charge in [0, 0.05) is 11.6 Å². The SMILES string of the molecule is COC(=O)c1ccc2c(c1)N(Cc1ccc(OC)cc1)C(=O)C1CC21. The van der Waals surface area contributed by atoms with E-state index in [-0.39, 0.29) is 11.8 Å². The third-order valence-electron chi connectivity index (χ3n) is 5.02. The first-order chi connectivity index (χ1) is 12.1. The number of esters is 1. The van der Waals surface area contributed by atoms with Crippen LogP contribution < -0.4 is 9.64 Å². The molecule has 2 atom stereocenters. The van der Waals surface area contributed by atoms with Crippen molar-refractivity contribution in [2.75, 3.05) is 19.1 Å². The minimum absolute atomic E-state index is 0.0784. The van der Waals surface area contributed by atoms with E-state index in [1.807, 2.05) is 30.3 Å². The lowest BCUT2D eigenvalue weighted by molar-refractivity contribution is -0.120. The van der Waals surface area contributed by atoms with Gasteiger partial charge in [0.05, 0.1) is 26.3 Å². The monoisotopic (exact) mass is 337 g/mol. The van der Waals surface area contributed by atoms with Crippen LogP contribution in [-0.2, 0) is 16.1 Å². The van der Waals surface area contributed by atoms with E-state index in [9.17, 15) is 9.59 Å². The molecule has 1 fully saturated rings. The predicted molar refractivity (Wildman–Crippen MR) is 92.8 cm³/mol. The van der Waals surface area contributed by atoms with Crippen LogP contribution in [0.15, 0.2) is 42.5 Å². The molecule has 2 unspecified atom stereocenters. The van der Waals surface area contributed by atoms with Gasteiger partial charge in [0.1, 0.15) is 5.75 Å². The van der Waals surface area contributed by atoms with Gasteiger partial charge in [-0.3, -0.25) is 4.79 Å². The fourth-order valence-electron chi connectivity index (χ4n) is 3.54. The van der Waals surface area contributed by atoms with Gasteiger partial charge >= 0.3 is 5.97 Å². The summed E-state index contributed by atoms with van der Waals surface area (Å²) in [5.74, 6) is 0.897. The van der Waals surface area contributed by atoms with Crippen molar-refractivity contribution in [1.82, 2.24) is 0 Å². The molecule has 1 amide bonds. The largest absolute Gasteiger partial charge is 0.497 e. The van der Waals surface area contributed by atoms with Crippen molar-refractivity contribution in [2.45, 2.75) is 18.9 Å². The van der Waals surface area contributed by atoms with E-state index < -0.39 is 5.97 Å². The van der Waals surface area contributed by atoms with Crippen molar-refractivity contribution < 1.29 is 19.1 Å². The minimum Gasteiger partial charge on any atom is -0.497 e. The Balaban J connectivity index is 1.70. The van der Waals surface area contributed by atoms with E-state index in [4.69, 9.17) is 9.47 Å². The normalized spacial score (nSPS) is 20.6. The van der Waals surface area contributed by atoms with Gasteiger partial charge in [-0.15, -0.1) is 0 Å². The molecule has 5 heteroatoms. The highest BCUT2D eigenvalue weighted by molar-refractivity contribution is 6.02. The van der Waals surface area contributed by atoms with Crippen LogP contribution in [0.3, 0.4) is 0 Å². The summed E-state index contributed by atoms with van der Waals surface area (Å²) < 4.78 is 10.00. The fraction of sp³-hybridized carbons (Fsp3) is 0.300. The Morgan fingerprint density at radius 1 is 1.12 bits per heavy atom. The highest BCUT2D eigenvalue weighted by Crippen LogP contribution is 2.55. The summed E-state index contributed by atoms with van der Waals surface area (Å²) >= 11 is 0. The summed E-state index contributed by atoms with van der Waals surface area (Å²) in [6, 6.07) is 13.2. The number of hydrogen-bond donors (Lipinski definition) is 0. The van der Waals surface area contributed by atoms with Crippen LogP contribution >= 0.6 is 0 Å². The fourth-order valence-corrected chi connectivity index (χ4v) is 3.54. The van der Waals surface area contributed by atoms with Crippen molar-refractivity contribution >= 4 is 17.6 Å². The first kappa shape index (κ1) is 15.7. The third-order valence-corrected chi connectivity index (χ3v) is 5.02. The number of amides is 1. The van der Waals surface area contributed by atoms with Gasteiger partial charge in [0.2, 0.25) is 5.91 Å². The molecule has 1 saturated carbocycles. The maximum absolute atomic E-state index is 12.8. The van der Waals surface area contributed by atoms with Crippen molar-refractivity contribution in [3.05, 3.63) is 59.2 Å². The van der Waals surface area contributed by atoms with Crippen molar-refractivity contribution in [2.24, 2.45) is 5.92 Å². The van der Waals surface area contributed by atoms with Crippen LogP contribution in [0.5, 0.6) is 5.75 Å². The molecule has 2 aromatic carbocycles. The molecule has 1 heterocycles. The van der Waals surface area contributed by atoms with E-state index in [2.05, 4.69) is 0 Å². The lowest BCUT2D eigenvalue weighted by Gasteiger charge is -2.29. The van der Waals surface area contributed by atoms with Crippen molar-refractivity contribution in [1.29, 1.82) is 0 Å². The average Bonchev–Trinajstić information content (AvgIpc) is 3.45. The van der Waals surface area contributed by atoms with Gasteiger partial charge in [0.15, 0.2) is 0 Å². The van der Waals surface area contributed by atoms with E-state index in [1.54, 1.807) is 24.1 Å². The van der Waals surface area contributed by atoms with E-state index in [0.717, 1.165) is 29.0 Å². The first-order valence-corrected chi connectivity index (χ1v) is 8.29. The number of carbonyl (C=O) groups excluding carboxylic acids is 2. The Labute approximate surface area is 146 Å². The number of nitrogens with zero attached hydrogens (tertiary/aromatic N) is 1. The summed E-state index contributed by atoms with van der Waals surface area (Å²) in [6.07, 6.45) is 0.891. The molecule has 0 aromatic heterocycles. The zero-order chi connectivity index (χ0) is 17.6. The number of hydrogen-bond acceptors (Lipinski definition) is 4. The predicted octanol–water partition coefficient (Wildman–Crippen LogP) is 3.13. The highest BCUT2D eigenvalue weighted by Gasteiger charge is 2.51. The molecule has 5 nitrogen and oxygen atoms in total. The maximum Gasteiger partial charge on any atom is 0.337 e. The van der Waals surface area contributed by atoms with Crippen LogP contribution in [-0.4, -0.2) is 26.1 Å². The number of carbonyl (C=O) groups is 2. The Hall–Kier alpha value is -2.82. The Morgan fingerprint density at radius 2 is 1.88 bits per heavy atom. The molecule has 25 heavy (non-hydrogen) atoms. The number of ether oxygens (including phenoxy) is 2. The lowest BCUT2D eigenvalue weighted by atomic mass is 9.98. The standard InChI is InChI=1S/C20H19NO4/c1-24-14-6-3-12(4-7-14)11-21-18-9-13(20(23)25-2)5-8-15(18)16-10-17(16)19(21)22/h3-9,16-17H,10-11H2,1-2H3. The van der Waals surface area contributed by atoms with Gasteiger partial charge in [0.25, 0.3) is 0 Å². The Kier molecular flexibility index (Phi) is 3.71. The molecule has 1 aliphatic heterocycles. The third kappa shape index (κ3) is 2.65.